The van der Waals surface area contributed by atoms with Gasteiger partial charge in [-0.2, -0.15) is 0 Å². The maximum absolute atomic E-state index is 12.5. The van der Waals surface area contributed by atoms with Crippen molar-refractivity contribution in [3.63, 3.8) is 0 Å². The van der Waals surface area contributed by atoms with Crippen LogP contribution < -0.4 is 4.90 Å². The van der Waals surface area contributed by atoms with Crippen LogP contribution in [0.4, 0.5) is 5.69 Å². The lowest BCUT2D eigenvalue weighted by Crippen LogP contribution is -2.51. The second kappa shape index (κ2) is 7.33. The molecule has 0 bridgehead atoms. The number of anilines is 1. The zero-order valence-corrected chi connectivity index (χ0v) is 15.8. The zero-order chi connectivity index (χ0) is 18.0. The largest absolute Gasteiger partial charge is 0.369 e. The summed E-state index contributed by atoms with van der Waals surface area (Å²) >= 11 is 0. The molecule has 1 aromatic carbocycles. The predicted molar refractivity (Wildman–Crippen MR) is 99.7 cm³/mol. The Bertz CT molecular complexity index is 727. The monoisotopic (exact) mass is 365 g/mol. The first-order valence-corrected chi connectivity index (χ1v) is 10.7. The molecule has 0 radical (unpaired) electrons. The minimum atomic E-state index is -2.96. The number of benzene rings is 1. The molecule has 7 heteroatoms. The van der Waals surface area contributed by atoms with Crippen molar-refractivity contribution in [1.29, 1.82) is 0 Å². The Morgan fingerprint density at radius 1 is 1.20 bits per heavy atom. The van der Waals surface area contributed by atoms with Crippen LogP contribution >= 0.6 is 0 Å². The summed E-state index contributed by atoms with van der Waals surface area (Å²) in [6, 6.07) is 8.21. The van der Waals surface area contributed by atoms with E-state index in [-0.39, 0.29) is 23.5 Å². The van der Waals surface area contributed by atoms with Crippen LogP contribution in [0.1, 0.15) is 12.0 Å². The van der Waals surface area contributed by atoms with Gasteiger partial charge in [0, 0.05) is 45.0 Å². The van der Waals surface area contributed by atoms with E-state index < -0.39 is 9.84 Å². The van der Waals surface area contributed by atoms with Crippen LogP contribution in [0.25, 0.3) is 0 Å². The summed E-state index contributed by atoms with van der Waals surface area (Å²) in [7, 11) is -1.23. The first-order chi connectivity index (χ1) is 11.9. The molecule has 138 valence electrons. The molecular weight excluding hydrogens is 338 g/mol. The van der Waals surface area contributed by atoms with Crippen molar-refractivity contribution >= 4 is 21.4 Å². The van der Waals surface area contributed by atoms with Gasteiger partial charge < -0.3 is 9.80 Å². The Balaban J connectivity index is 1.50. The molecule has 25 heavy (non-hydrogen) atoms. The van der Waals surface area contributed by atoms with Crippen molar-refractivity contribution in [2.45, 2.75) is 19.4 Å². The third-order valence-corrected chi connectivity index (χ3v) is 7.09. The number of nitrogens with zero attached hydrogens (tertiary/aromatic N) is 3. The molecule has 0 aliphatic carbocycles. The second-order valence-corrected chi connectivity index (χ2v) is 9.34. The van der Waals surface area contributed by atoms with Gasteiger partial charge in [0.15, 0.2) is 9.84 Å². The van der Waals surface area contributed by atoms with E-state index in [1.807, 2.05) is 6.07 Å². The minimum absolute atomic E-state index is 0.0199. The maximum atomic E-state index is 12.5. The number of para-hydroxylation sites is 1. The van der Waals surface area contributed by atoms with E-state index >= 15 is 0 Å². The number of carbonyl (C=O) groups excluding carboxylic acids is 1. The number of amides is 1. The summed E-state index contributed by atoms with van der Waals surface area (Å²) in [4.78, 5) is 18.7. The normalized spacial score (nSPS) is 23.6. The molecule has 0 N–H and O–H groups in total. The lowest BCUT2D eigenvalue weighted by atomic mass is 10.1. The van der Waals surface area contributed by atoms with Gasteiger partial charge in [-0.3, -0.25) is 9.69 Å². The van der Waals surface area contributed by atoms with Crippen molar-refractivity contribution in [2.75, 3.05) is 56.2 Å². The molecular formula is C18H27N3O3S. The SMILES string of the molecule is Cc1ccccc1N1CCN(CC(=O)N(C)[C@@H]2CCS(=O)(=O)C2)CC1. The van der Waals surface area contributed by atoms with Crippen LogP contribution in [0.3, 0.4) is 0 Å². The van der Waals surface area contributed by atoms with Crippen molar-refractivity contribution in [2.24, 2.45) is 0 Å². The summed E-state index contributed by atoms with van der Waals surface area (Å²) in [5.74, 6) is 0.326. The molecule has 1 aromatic rings. The molecule has 2 saturated heterocycles. The van der Waals surface area contributed by atoms with E-state index in [0.29, 0.717) is 13.0 Å². The number of carbonyl (C=O) groups is 1. The second-order valence-electron chi connectivity index (χ2n) is 7.11. The number of rotatable bonds is 4. The highest BCUT2D eigenvalue weighted by Gasteiger charge is 2.33. The molecule has 3 rings (SSSR count). The molecule has 0 aromatic heterocycles. The summed E-state index contributed by atoms with van der Waals surface area (Å²) in [5, 5.41) is 0. The number of sulfone groups is 1. The van der Waals surface area contributed by atoms with Crippen molar-refractivity contribution in [3.05, 3.63) is 29.8 Å². The Morgan fingerprint density at radius 2 is 1.88 bits per heavy atom. The topological polar surface area (TPSA) is 60.9 Å². The van der Waals surface area contributed by atoms with Crippen molar-refractivity contribution in [1.82, 2.24) is 9.80 Å². The minimum Gasteiger partial charge on any atom is -0.369 e. The third-order valence-electron chi connectivity index (χ3n) is 5.34. The maximum Gasteiger partial charge on any atom is 0.236 e. The third kappa shape index (κ3) is 4.33. The molecule has 2 heterocycles. The van der Waals surface area contributed by atoms with Crippen LogP contribution in [0.2, 0.25) is 0 Å². The highest BCUT2D eigenvalue weighted by molar-refractivity contribution is 7.91. The van der Waals surface area contributed by atoms with Crippen LogP contribution in [-0.4, -0.2) is 81.4 Å². The highest BCUT2D eigenvalue weighted by atomic mass is 32.2. The van der Waals surface area contributed by atoms with Gasteiger partial charge >= 0.3 is 0 Å². The molecule has 1 atom stereocenters. The van der Waals surface area contributed by atoms with Crippen LogP contribution in [0.5, 0.6) is 0 Å². The van der Waals surface area contributed by atoms with E-state index in [4.69, 9.17) is 0 Å². The van der Waals surface area contributed by atoms with Gasteiger partial charge in [0.25, 0.3) is 0 Å². The Labute approximate surface area is 150 Å². The first kappa shape index (κ1) is 18.2. The van der Waals surface area contributed by atoms with Gasteiger partial charge in [-0.25, -0.2) is 8.42 Å². The average molecular weight is 365 g/mol. The van der Waals surface area contributed by atoms with Gasteiger partial charge in [-0.05, 0) is 25.0 Å². The van der Waals surface area contributed by atoms with Gasteiger partial charge in [-0.15, -0.1) is 0 Å². The predicted octanol–water partition coefficient (Wildman–Crippen LogP) is 0.763. The number of hydrogen-bond donors (Lipinski definition) is 0. The summed E-state index contributed by atoms with van der Waals surface area (Å²) in [5.41, 5.74) is 2.54. The zero-order valence-electron chi connectivity index (χ0n) is 15.0. The number of piperazine rings is 1. The Morgan fingerprint density at radius 3 is 2.48 bits per heavy atom. The van der Waals surface area contributed by atoms with E-state index in [1.54, 1.807) is 11.9 Å². The fraction of sp³-hybridized carbons (Fsp3) is 0.611. The summed E-state index contributed by atoms with van der Waals surface area (Å²) in [6.07, 6.45) is 0.561. The fourth-order valence-electron chi connectivity index (χ4n) is 3.65. The highest BCUT2D eigenvalue weighted by Crippen LogP contribution is 2.21. The first-order valence-electron chi connectivity index (χ1n) is 8.85. The Hall–Kier alpha value is -1.60. The standard InChI is InChI=1S/C18H27N3O3S/c1-15-5-3-4-6-17(15)21-10-8-20(9-11-21)13-18(22)19(2)16-7-12-25(23,24)14-16/h3-6,16H,7-14H2,1-2H3/t16-/m1/s1. The molecule has 6 nitrogen and oxygen atoms in total. The smallest absolute Gasteiger partial charge is 0.236 e. The summed E-state index contributed by atoms with van der Waals surface area (Å²) < 4.78 is 23.2. The number of hydrogen-bond acceptors (Lipinski definition) is 5. The van der Waals surface area contributed by atoms with Crippen molar-refractivity contribution < 1.29 is 13.2 Å². The van der Waals surface area contributed by atoms with Crippen molar-refractivity contribution in [3.8, 4) is 0 Å². The van der Waals surface area contributed by atoms with Gasteiger partial charge in [0.1, 0.15) is 0 Å². The van der Waals surface area contributed by atoms with Crippen LogP contribution in [0, 0.1) is 6.92 Å². The number of likely N-dealkylation sites (N-methyl/N-ethyl adjacent to an activating group) is 1. The quantitative estimate of drug-likeness (QED) is 0.789. The molecule has 2 aliphatic heterocycles. The number of aryl methyl sites for hydroxylation is 1. The lowest BCUT2D eigenvalue weighted by molar-refractivity contribution is -0.132. The fourth-order valence-corrected chi connectivity index (χ4v) is 5.43. The Kier molecular flexibility index (Phi) is 5.34. The molecule has 2 aliphatic rings. The van der Waals surface area contributed by atoms with Gasteiger partial charge in [0.05, 0.1) is 18.1 Å². The van der Waals surface area contributed by atoms with Crippen LogP contribution in [0.15, 0.2) is 24.3 Å². The summed E-state index contributed by atoms with van der Waals surface area (Å²) in [6.45, 7) is 5.98. The lowest BCUT2D eigenvalue weighted by Gasteiger charge is -2.37. The molecule has 0 spiro atoms. The van der Waals surface area contributed by atoms with Crippen LogP contribution in [-0.2, 0) is 14.6 Å². The van der Waals surface area contributed by atoms with E-state index in [2.05, 4.69) is 34.9 Å². The molecule has 1 amide bonds. The molecule has 2 fully saturated rings. The van der Waals surface area contributed by atoms with E-state index in [9.17, 15) is 13.2 Å². The molecule has 0 unspecified atom stereocenters. The van der Waals surface area contributed by atoms with Gasteiger partial charge in [-0.1, -0.05) is 18.2 Å². The molecule has 0 saturated carbocycles. The van der Waals surface area contributed by atoms with Gasteiger partial charge in [0.2, 0.25) is 5.91 Å². The average Bonchev–Trinajstić information content (AvgIpc) is 2.95. The van der Waals surface area contributed by atoms with E-state index in [0.717, 1.165) is 26.2 Å². The van der Waals surface area contributed by atoms with E-state index in [1.165, 1.54) is 11.3 Å².